The van der Waals surface area contributed by atoms with E-state index in [0.717, 1.165) is 5.56 Å². The van der Waals surface area contributed by atoms with Crippen molar-refractivity contribution >= 4 is 17.3 Å². The number of rotatable bonds is 6. The zero-order chi connectivity index (χ0) is 17.0. The fourth-order valence-electron chi connectivity index (χ4n) is 2.15. The van der Waals surface area contributed by atoms with Gasteiger partial charge in [-0.25, -0.2) is 4.39 Å². The van der Waals surface area contributed by atoms with Crippen LogP contribution in [0.1, 0.15) is 30.2 Å². The third-order valence-electron chi connectivity index (χ3n) is 3.53. The second-order valence-electron chi connectivity index (χ2n) is 5.17. The highest BCUT2D eigenvalue weighted by atomic mass is 35.5. The van der Waals surface area contributed by atoms with Crippen LogP contribution in [0.15, 0.2) is 42.5 Å². The van der Waals surface area contributed by atoms with Crippen molar-refractivity contribution < 1.29 is 14.4 Å². The number of non-ortho nitro benzene ring substituents is 1. The topological polar surface area (TPSA) is 75.4 Å². The molecule has 0 fully saturated rings. The standard InChI is InChI=1S/C16H16ClFN2O3/c1-10(11-5-6-15(18)14(17)8-11)19-9-16(21)12-3-2-4-13(7-12)20(22)23/h2-8,10,16,19,21H,9H2,1H3. The molecule has 122 valence electrons. The van der Waals surface area contributed by atoms with Gasteiger partial charge in [-0.05, 0) is 30.2 Å². The van der Waals surface area contributed by atoms with Crippen molar-refractivity contribution in [1.29, 1.82) is 0 Å². The van der Waals surface area contributed by atoms with Crippen LogP contribution in [-0.2, 0) is 0 Å². The summed E-state index contributed by atoms with van der Waals surface area (Å²) in [7, 11) is 0. The Kier molecular flexibility index (Phi) is 5.65. The fourth-order valence-corrected chi connectivity index (χ4v) is 2.34. The number of aliphatic hydroxyl groups is 1. The number of benzene rings is 2. The van der Waals surface area contributed by atoms with Crippen LogP contribution in [-0.4, -0.2) is 16.6 Å². The zero-order valence-electron chi connectivity index (χ0n) is 12.4. The Bertz CT molecular complexity index is 711. The van der Waals surface area contributed by atoms with Crippen molar-refractivity contribution in [2.45, 2.75) is 19.1 Å². The predicted octanol–water partition coefficient (Wildman–Crippen LogP) is 3.77. The lowest BCUT2D eigenvalue weighted by molar-refractivity contribution is -0.385. The SMILES string of the molecule is CC(NCC(O)c1cccc([N+](=O)[O-])c1)c1ccc(F)c(Cl)c1. The highest BCUT2D eigenvalue weighted by Gasteiger charge is 2.14. The van der Waals surface area contributed by atoms with Gasteiger partial charge in [0.25, 0.3) is 5.69 Å². The van der Waals surface area contributed by atoms with Gasteiger partial charge in [0.2, 0.25) is 0 Å². The molecule has 0 heterocycles. The van der Waals surface area contributed by atoms with Crippen LogP contribution in [0.4, 0.5) is 10.1 Å². The molecule has 0 amide bonds. The van der Waals surface area contributed by atoms with Crippen molar-refractivity contribution in [2.75, 3.05) is 6.54 Å². The molecule has 23 heavy (non-hydrogen) atoms. The summed E-state index contributed by atoms with van der Waals surface area (Å²) in [6.45, 7) is 2.04. The summed E-state index contributed by atoms with van der Waals surface area (Å²) in [5.74, 6) is -0.487. The van der Waals surface area contributed by atoms with Gasteiger partial charge >= 0.3 is 0 Å². The van der Waals surface area contributed by atoms with Crippen molar-refractivity contribution in [3.8, 4) is 0 Å². The minimum atomic E-state index is -0.895. The van der Waals surface area contributed by atoms with Gasteiger partial charge in [0, 0.05) is 24.7 Å². The fraction of sp³-hybridized carbons (Fsp3) is 0.250. The number of hydrogen-bond donors (Lipinski definition) is 2. The number of halogens is 2. The van der Waals surface area contributed by atoms with Crippen molar-refractivity contribution in [2.24, 2.45) is 0 Å². The molecule has 0 bridgehead atoms. The molecule has 0 radical (unpaired) electrons. The van der Waals surface area contributed by atoms with Crippen LogP contribution in [0.5, 0.6) is 0 Å². The second-order valence-corrected chi connectivity index (χ2v) is 5.58. The number of nitro groups is 1. The molecule has 0 saturated carbocycles. The number of nitro benzene ring substituents is 1. The molecule has 0 saturated heterocycles. The number of aliphatic hydroxyl groups excluding tert-OH is 1. The Labute approximate surface area is 137 Å². The monoisotopic (exact) mass is 338 g/mol. The molecular weight excluding hydrogens is 323 g/mol. The van der Waals surface area contributed by atoms with Crippen LogP contribution in [0.3, 0.4) is 0 Å². The van der Waals surface area contributed by atoms with Crippen LogP contribution in [0.25, 0.3) is 0 Å². The van der Waals surface area contributed by atoms with E-state index in [4.69, 9.17) is 11.6 Å². The lowest BCUT2D eigenvalue weighted by atomic mass is 10.1. The number of nitrogens with one attached hydrogen (secondary N) is 1. The number of hydrogen-bond acceptors (Lipinski definition) is 4. The summed E-state index contributed by atoms with van der Waals surface area (Å²) in [5, 5.41) is 24.0. The van der Waals surface area contributed by atoms with E-state index in [-0.39, 0.29) is 23.3 Å². The summed E-state index contributed by atoms with van der Waals surface area (Å²) in [6, 6.07) is 10.1. The van der Waals surface area contributed by atoms with Crippen LogP contribution < -0.4 is 5.32 Å². The van der Waals surface area contributed by atoms with Crippen LogP contribution in [0.2, 0.25) is 5.02 Å². The first-order valence-corrected chi connectivity index (χ1v) is 7.37. The van der Waals surface area contributed by atoms with E-state index in [1.807, 2.05) is 6.92 Å². The van der Waals surface area contributed by atoms with Gasteiger partial charge in [-0.1, -0.05) is 29.8 Å². The van der Waals surface area contributed by atoms with E-state index in [9.17, 15) is 19.6 Å². The maximum Gasteiger partial charge on any atom is 0.269 e. The molecule has 0 aromatic heterocycles. The molecule has 0 aliphatic carbocycles. The van der Waals surface area contributed by atoms with Gasteiger partial charge in [0.15, 0.2) is 0 Å². The van der Waals surface area contributed by atoms with Gasteiger partial charge < -0.3 is 10.4 Å². The van der Waals surface area contributed by atoms with Gasteiger partial charge in [-0.2, -0.15) is 0 Å². The summed E-state index contributed by atoms with van der Waals surface area (Å²) >= 11 is 5.75. The summed E-state index contributed by atoms with van der Waals surface area (Å²) in [5.41, 5.74) is 1.17. The largest absolute Gasteiger partial charge is 0.387 e. The van der Waals surface area contributed by atoms with E-state index in [0.29, 0.717) is 5.56 Å². The minimum absolute atomic E-state index is 0.0374. The van der Waals surface area contributed by atoms with Gasteiger partial charge in [-0.3, -0.25) is 10.1 Å². The van der Waals surface area contributed by atoms with E-state index < -0.39 is 16.8 Å². The normalized spacial score (nSPS) is 13.6. The molecule has 5 nitrogen and oxygen atoms in total. The molecule has 2 atom stereocenters. The van der Waals surface area contributed by atoms with Crippen molar-refractivity contribution in [1.82, 2.24) is 5.32 Å². The first-order valence-electron chi connectivity index (χ1n) is 6.99. The molecule has 2 aromatic carbocycles. The van der Waals surface area contributed by atoms with E-state index >= 15 is 0 Å². The first kappa shape index (κ1) is 17.3. The Balaban J connectivity index is 2.00. The lowest BCUT2D eigenvalue weighted by Crippen LogP contribution is -2.24. The predicted molar refractivity (Wildman–Crippen MR) is 85.9 cm³/mol. The molecule has 2 aromatic rings. The molecule has 2 rings (SSSR count). The summed E-state index contributed by atoms with van der Waals surface area (Å²) in [6.07, 6.45) is -0.895. The minimum Gasteiger partial charge on any atom is -0.387 e. The summed E-state index contributed by atoms with van der Waals surface area (Å²) in [4.78, 5) is 10.2. The molecule has 0 spiro atoms. The zero-order valence-corrected chi connectivity index (χ0v) is 13.1. The smallest absolute Gasteiger partial charge is 0.269 e. The van der Waals surface area contributed by atoms with Gasteiger partial charge in [0.05, 0.1) is 16.0 Å². The highest BCUT2D eigenvalue weighted by molar-refractivity contribution is 6.30. The lowest BCUT2D eigenvalue weighted by Gasteiger charge is -2.18. The van der Waals surface area contributed by atoms with E-state index in [1.165, 1.54) is 30.3 Å². The van der Waals surface area contributed by atoms with Crippen molar-refractivity contribution in [3.05, 3.63) is 74.5 Å². The quantitative estimate of drug-likeness (QED) is 0.621. The van der Waals surface area contributed by atoms with Gasteiger partial charge in [-0.15, -0.1) is 0 Å². The Hall–Kier alpha value is -2.02. The van der Waals surface area contributed by atoms with Crippen LogP contribution >= 0.6 is 11.6 Å². The third kappa shape index (κ3) is 4.48. The molecule has 2 N–H and O–H groups in total. The molecule has 0 aliphatic heterocycles. The summed E-state index contributed by atoms with van der Waals surface area (Å²) < 4.78 is 13.2. The average molecular weight is 339 g/mol. The maximum absolute atomic E-state index is 13.2. The Morgan fingerprint density at radius 2 is 2.04 bits per heavy atom. The molecule has 2 unspecified atom stereocenters. The number of nitrogens with zero attached hydrogens (tertiary/aromatic N) is 1. The second kappa shape index (κ2) is 7.50. The molecule has 7 heteroatoms. The maximum atomic E-state index is 13.2. The average Bonchev–Trinajstić information content (AvgIpc) is 2.54. The Morgan fingerprint density at radius 1 is 1.30 bits per heavy atom. The first-order chi connectivity index (χ1) is 10.9. The molecule has 0 aliphatic rings. The van der Waals surface area contributed by atoms with Crippen LogP contribution in [0, 0.1) is 15.9 Å². The van der Waals surface area contributed by atoms with Gasteiger partial charge in [0.1, 0.15) is 5.82 Å². The third-order valence-corrected chi connectivity index (χ3v) is 3.82. The van der Waals surface area contributed by atoms with E-state index in [1.54, 1.807) is 12.1 Å². The van der Waals surface area contributed by atoms with Crippen molar-refractivity contribution in [3.63, 3.8) is 0 Å². The Morgan fingerprint density at radius 3 is 2.70 bits per heavy atom. The highest BCUT2D eigenvalue weighted by Crippen LogP contribution is 2.22. The molecular formula is C16H16ClFN2O3. The van der Waals surface area contributed by atoms with E-state index in [2.05, 4.69) is 5.32 Å².